The second-order valence-electron chi connectivity index (χ2n) is 6.45. The predicted octanol–water partition coefficient (Wildman–Crippen LogP) is 2.74. The van der Waals surface area contributed by atoms with Crippen molar-refractivity contribution in [1.29, 1.82) is 0 Å². The maximum atomic E-state index is 12.6. The fraction of sp³-hybridized carbons (Fsp3) is 0.533. The quantitative estimate of drug-likeness (QED) is 0.839. The summed E-state index contributed by atoms with van der Waals surface area (Å²) in [5.74, 6) is 0. The van der Waals surface area contributed by atoms with Crippen LogP contribution in [-0.4, -0.2) is 43.5 Å². The number of rotatable bonds is 3. The Hall–Kier alpha value is -1.12. The fourth-order valence-corrected chi connectivity index (χ4v) is 4.06. The van der Waals surface area contributed by atoms with Crippen LogP contribution in [0, 0.1) is 0 Å². The summed E-state index contributed by atoms with van der Waals surface area (Å²) < 4.78 is 32.5. The molecular formula is C15H21BrN2O4S. The Bertz CT molecular complexity index is 668. The van der Waals surface area contributed by atoms with Crippen LogP contribution in [0.1, 0.15) is 27.2 Å². The van der Waals surface area contributed by atoms with E-state index in [1.165, 1.54) is 4.31 Å². The number of nitrogens with one attached hydrogen (secondary N) is 1. The summed E-state index contributed by atoms with van der Waals surface area (Å²) >= 11 is 3.29. The first-order valence-electron chi connectivity index (χ1n) is 7.33. The molecule has 0 bridgehead atoms. The van der Waals surface area contributed by atoms with Gasteiger partial charge in [0, 0.05) is 23.6 Å². The van der Waals surface area contributed by atoms with Crippen molar-refractivity contribution in [2.24, 2.45) is 0 Å². The number of sulfonamides is 1. The van der Waals surface area contributed by atoms with Gasteiger partial charge in [0.2, 0.25) is 10.0 Å². The van der Waals surface area contributed by atoms with Crippen molar-refractivity contribution in [3.8, 4) is 0 Å². The van der Waals surface area contributed by atoms with E-state index in [1.54, 1.807) is 45.0 Å². The lowest BCUT2D eigenvalue weighted by atomic mass is 10.2. The zero-order valence-corrected chi connectivity index (χ0v) is 15.8. The van der Waals surface area contributed by atoms with Gasteiger partial charge in [-0.2, -0.15) is 4.31 Å². The van der Waals surface area contributed by atoms with Gasteiger partial charge in [0.25, 0.3) is 0 Å². The number of carbonyl (C=O) groups excluding carboxylic acids is 1. The van der Waals surface area contributed by atoms with Gasteiger partial charge >= 0.3 is 6.09 Å². The third-order valence-corrected chi connectivity index (χ3v) is 5.73. The minimum Gasteiger partial charge on any atom is -0.444 e. The van der Waals surface area contributed by atoms with Crippen molar-refractivity contribution in [3.05, 3.63) is 28.7 Å². The SMILES string of the molecule is CC(C)(C)OC(=O)N[C@@H]1CCN(S(=O)(=O)c2ccc(Br)cc2)C1. The topological polar surface area (TPSA) is 75.7 Å². The van der Waals surface area contributed by atoms with E-state index in [1.807, 2.05) is 0 Å². The van der Waals surface area contributed by atoms with Crippen LogP contribution in [0.2, 0.25) is 0 Å². The van der Waals surface area contributed by atoms with Crippen LogP contribution in [0.4, 0.5) is 4.79 Å². The normalized spacial score (nSPS) is 19.6. The monoisotopic (exact) mass is 404 g/mol. The third kappa shape index (κ3) is 4.92. The van der Waals surface area contributed by atoms with Crippen LogP contribution in [0.3, 0.4) is 0 Å². The first-order chi connectivity index (χ1) is 10.6. The molecule has 1 aromatic carbocycles. The van der Waals surface area contributed by atoms with Crippen LogP contribution >= 0.6 is 15.9 Å². The van der Waals surface area contributed by atoms with E-state index in [0.29, 0.717) is 13.0 Å². The molecule has 6 nitrogen and oxygen atoms in total. The van der Waals surface area contributed by atoms with E-state index in [9.17, 15) is 13.2 Å². The maximum absolute atomic E-state index is 12.6. The summed E-state index contributed by atoms with van der Waals surface area (Å²) in [5, 5.41) is 2.72. The Labute approximate surface area is 145 Å². The lowest BCUT2D eigenvalue weighted by Gasteiger charge is -2.22. The van der Waals surface area contributed by atoms with Crippen LogP contribution < -0.4 is 5.32 Å². The molecule has 2 rings (SSSR count). The van der Waals surface area contributed by atoms with Crippen molar-refractivity contribution in [1.82, 2.24) is 9.62 Å². The highest BCUT2D eigenvalue weighted by Gasteiger charge is 2.33. The van der Waals surface area contributed by atoms with Gasteiger partial charge in [0.15, 0.2) is 0 Å². The molecule has 23 heavy (non-hydrogen) atoms. The molecule has 0 spiro atoms. The molecule has 0 saturated carbocycles. The standard InChI is InChI=1S/C15H21BrN2O4S/c1-15(2,3)22-14(19)17-12-8-9-18(10-12)23(20,21)13-6-4-11(16)5-7-13/h4-7,12H,8-10H2,1-3H3,(H,17,19)/t12-/m1/s1. The maximum Gasteiger partial charge on any atom is 0.407 e. The molecule has 1 fully saturated rings. The van der Waals surface area contributed by atoms with Crippen LogP contribution in [-0.2, 0) is 14.8 Å². The molecule has 1 aliphatic rings. The van der Waals surface area contributed by atoms with Gasteiger partial charge < -0.3 is 10.1 Å². The summed E-state index contributed by atoms with van der Waals surface area (Å²) in [5.41, 5.74) is -0.578. The smallest absolute Gasteiger partial charge is 0.407 e. The summed E-state index contributed by atoms with van der Waals surface area (Å²) in [6.45, 7) is 5.97. The number of hydrogen-bond acceptors (Lipinski definition) is 4. The molecule has 0 unspecified atom stereocenters. The van der Waals surface area contributed by atoms with Gasteiger partial charge in [-0.1, -0.05) is 15.9 Å². The van der Waals surface area contributed by atoms with Gasteiger partial charge in [-0.25, -0.2) is 13.2 Å². The average molecular weight is 405 g/mol. The highest BCUT2D eigenvalue weighted by Crippen LogP contribution is 2.23. The molecule has 0 aromatic heterocycles. The summed E-state index contributed by atoms with van der Waals surface area (Å²) in [4.78, 5) is 12.0. The fourth-order valence-electron chi connectivity index (χ4n) is 2.29. The Morgan fingerprint density at radius 1 is 1.30 bits per heavy atom. The van der Waals surface area contributed by atoms with Gasteiger partial charge in [-0.05, 0) is 51.5 Å². The molecule has 1 amide bonds. The minimum atomic E-state index is -3.54. The van der Waals surface area contributed by atoms with E-state index in [0.717, 1.165) is 4.47 Å². The molecule has 1 atom stereocenters. The number of hydrogen-bond donors (Lipinski definition) is 1. The van der Waals surface area contributed by atoms with E-state index >= 15 is 0 Å². The van der Waals surface area contributed by atoms with Crippen molar-refractivity contribution < 1.29 is 17.9 Å². The Morgan fingerprint density at radius 2 is 1.91 bits per heavy atom. The van der Waals surface area contributed by atoms with Gasteiger partial charge in [-0.15, -0.1) is 0 Å². The Morgan fingerprint density at radius 3 is 2.48 bits per heavy atom. The lowest BCUT2D eigenvalue weighted by Crippen LogP contribution is -2.41. The second kappa shape index (κ2) is 6.78. The third-order valence-electron chi connectivity index (χ3n) is 3.32. The Kier molecular flexibility index (Phi) is 5.37. The number of benzene rings is 1. The highest BCUT2D eigenvalue weighted by molar-refractivity contribution is 9.10. The summed E-state index contributed by atoms with van der Waals surface area (Å²) in [6.07, 6.45) is 0.0417. The number of carbonyl (C=O) groups is 1. The van der Waals surface area contributed by atoms with Crippen LogP contribution in [0.25, 0.3) is 0 Å². The molecule has 0 radical (unpaired) electrons. The molecule has 1 aromatic rings. The molecule has 1 N–H and O–H groups in total. The molecule has 1 saturated heterocycles. The molecule has 1 heterocycles. The van der Waals surface area contributed by atoms with Crippen molar-refractivity contribution in [2.75, 3.05) is 13.1 Å². The van der Waals surface area contributed by atoms with Crippen molar-refractivity contribution >= 4 is 32.0 Å². The van der Waals surface area contributed by atoms with E-state index in [4.69, 9.17) is 4.74 Å². The first-order valence-corrected chi connectivity index (χ1v) is 9.56. The second-order valence-corrected chi connectivity index (χ2v) is 9.30. The van der Waals surface area contributed by atoms with Crippen LogP contribution in [0.15, 0.2) is 33.6 Å². The number of nitrogens with zero attached hydrogens (tertiary/aromatic N) is 1. The van der Waals surface area contributed by atoms with Crippen molar-refractivity contribution in [3.63, 3.8) is 0 Å². The Balaban J connectivity index is 1.99. The number of halogens is 1. The average Bonchev–Trinajstić information content (AvgIpc) is 2.86. The largest absolute Gasteiger partial charge is 0.444 e. The molecular weight excluding hydrogens is 384 g/mol. The number of amides is 1. The summed E-state index contributed by atoms with van der Waals surface area (Å²) in [6, 6.07) is 6.27. The van der Waals surface area contributed by atoms with E-state index < -0.39 is 21.7 Å². The summed E-state index contributed by atoms with van der Waals surface area (Å²) in [7, 11) is -3.54. The van der Waals surface area contributed by atoms with Crippen LogP contribution in [0.5, 0.6) is 0 Å². The number of alkyl carbamates (subject to hydrolysis) is 1. The van der Waals surface area contributed by atoms with E-state index in [2.05, 4.69) is 21.2 Å². The van der Waals surface area contributed by atoms with Gasteiger partial charge in [0.05, 0.1) is 4.90 Å². The zero-order valence-electron chi connectivity index (χ0n) is 13.4. The molecule has 8 heteroatoms. The van der Waals surface area contributed by atoms with Gasteiger partial charge in [0.1, 0.15) is 5.60 Å². The minimum absolute atomic E-state index is 0.241. The first kappa shape index (κ1) is 18.2. The van der Waals surface area contributed by atoms with E-state index in [-0.39, 0.29) is 17.5 Å². The van der Waals surface area contributed by atoms with Gasteiger partial charge in [-0.3, -0.25) is 0 Å². The molecule has 0 aliphatic carbocycles. The highest BCUT2D eigenvalue weighted by atomic mass is 79.9. The molecule has 1 aliphatic heterocycles. The zero-order chi connectivity index (χ0) is 17.3. The molecule has 128 valence electrons. The van der Waals surface area contributed by atoms with Crippen molar-refractivity contribution in [2.45, 2.75) is 43.7 Å². The lowest BCUT2D eigenvalue weighted by molar-refractivity contribution is 0.0507. The predicted molar refractivity (Wildman–Crippen MR) is 90.7 cm³/mol. The number of ether oxygens (including phenoxy) is 1.